The van der Waals surface area contributed by atoms with E-state index in [1.54, 1.807) is 6.08 Å². The minimum Gasteiger partial charge on any atom is -0.494 e. The summed E-state index contributed by atoms with van der Waals surface area (Å²) in [5, 5.41) is 0. The Labute approximate surface area is 166 Å². The first-order valence-electron chi connectivity index (χ1n) is 9.52. The van der Waals surface area contributed by atoms with E-state index in [2.05, 4.69) is 0 Å². The van der Waals surface area contributed by atoms with Crippen molar-refractivity contribution in [1.82, 2.24) is 4.90 Å². The van der Waals surface area contributed by atoms with Crippen molar-refractivity contribution in [2.75, 3.05) is 6.61 Å². The highest BCUT2D eigenvalue weighted by Crippen LogP contribution is 2.15. The molecule has 0 aliphatic rings. The molecule has 3 aromatic carbocycles. The number of ether oxygens (including phenoxy) is 1. The van der Waals surface area contributed by atoms with Gasteiger partial charge in [-0.1, -0.05) is 72.8 Å². The Balaban J connectivity index is 1.73. The normalized spacial score (nSPS) is 10.8. The molecule has 0 saturated heterocycles. The minimum atomic E-state index is -0.0124. The van der Waals surface area contributed by atoms with Crippen LogP contribution in [0.4, 0.5) is 0 Å². The van der Waals surface area contributed by atoms with Crippen molar-refractivity contribution in [3.05, 3.63) is 108 Å². The van der Waals surface area contributed by atoms with Gasteiger partial charge in [0.05, 0.1) is 6.61 Å². The lowest BCUT2D eigenvalue weighted by Crippen LogP contribution is -2.28. The first kappa shape index (κ1) is 19.4. The van der Waals surface area contributed by atoms with Gasteiger partial charge in [0.1, 0.15) is 5.75 Å². The molecular weight excluding hydrogens is 346 g/mol. The summed E-state index contributed by atoms with van der Waals surface area (Å²) in [4.78, 5) is 14.8. The van der Waals surface area contributed by atoms with Gasteiger partial charge in [-0.05, 0) is 41.8 Å². The van der Waals surface area contributed by atoms with Crippen molar-refractivity contribution in [2.24, 2.45) is 0 Å². The summed E-state index contributed by atoms with van der Waals surface area (Å²) >= 11 is 0. The molecule has 0 spiro atoms. The maximum Gasteiger partial charge on any atom is 0.247 e. The third kappa shape index (κ3) is 5.85. The summed E-state index contributed by atoms with van der Waals surface area (Å²) in [6.45, 7) is 3.74. The highest BCUT2D eigenvalue weighted by atomic mass is 16.5. The summed E-state index contributed by atoms with van der Waals surface area (Å²) in [5.41, 5.74) is 3.19. The molecule has 3 nitrogen and oxygen atoms in total. The number of carbonyl (C=O) groups excluding carboxylic acids is 1. The standard InChI is InChI=1S/C25H25NO2/c1-2-28-24-16-13-21(14-17-24)15-18-25(27)26(19-22-9-5-3-6-10-22)20-23-11-7-4-8-12-23/h3-18H,2,19-20H2,1H3/b18-15+. The van der Waals surface area contributed by atoms with Crippen molar-refractivity contribution < 1.29 is 9.53 Å². The molecule has 3 rings (SSSR count). The third-order valence-electron chi connectivity index (χ3n) is 4.35. The molecule has 0 heterocycles. The summed E-state index contributed by atoms with van der Waals surface area (Å²) in [7, 11) is 0. The quantitative estimate of drug-likeness (QED) is 0.501. The van der Waals surface area contributed by atoms with Gasteiger partial charge in [0, 0.05) is 19.2 Å². The molecule has 0 aromatic heterocycles. The van der Waals surface area contributed by atoms with Crippen LogP contribution in [-0.4, -0.2) is 17.4 Å². The Kier molecular flexibility index (Phi) is 7.02. The maximum atomic E-state index is 12.9. The Morgan fingerprint density at radius 2 is 1.36 bits per heavy atom. The summed E-state index contributed by atoms with van der Waals surface area (Å²) < 4.78 is 5.46. The molecule has 3 heteroatoms. The highest BCUT2D eigenvalue weighted by molar-refractivity contribution is 5.91. The van der Waals surface area contributed by atoms with E-state index >= 15 is 0 Å². The molecule has 0 atom stereocenters. The van der Waals surface area contributed by atoms with E-state index < -0.39 is 0 Å². The van der Waals surface area contributed by atoms with E-state index in [1.165, 1.54) is 0 Å². The summed E-state index contributed by atoms with van der Waals surface area (Å²) in [6.07, 6.45) is 3.49. The van der Waals surface area contributed by atoms with Gasteiger partial charge in [-0.3, -0.25) is 4.79 Å². The van der Waals surface area contributed by atoms with Crippen LogP contribution in [0.1, 0.15) is 23.6 Å². The second-order valence-corrected chi connectivity index (χ2v) is 6.50. The SMILES string of the molecule is CCOc1ccc(/C=C/C(=O)N(Cc2ccccc2)Cc2ccccc2)cc1. The molecule has 28 heavy (non-hydrogen) atoms. The zero-order valence-corrected chi connectivity index (χ0v) is 16.1. The third-order valence-corrected chi connectivity index (χ3v) is 4.35. The number of carbonyl (C=O) groups is 1. The van der Waals surface area contributed by atoms with Crippen molar-refractivity contribution in [2.45, 2.75) is 20.0 Å². The first-order valence-corrected chi connectivity index (χ1v) is 9.52. The number of nitrogens with zero attached hydrogens (tertiary/aromatic N) is 1. The predicted octanol–water partition coefficient (Wildman–Crippen LogP) is 5.33. The van der Waals surface area contributed by atoms with Crippen LogP contribution in [0.5, 0.6) is 5.75 Å². The van der Waals surface area contributed by atoms with Crippen molar-refractivity contribution >= 4 is 12.0 Å². The van der Waals surface area contributed by atoms with Crippen molar-refractivity contribution in [1.29, 1.82) is 0 Å². The second-order valence-electron chi connectivity index (χ2n) is 6.50. The largest absolute Gasteiger partial charge is 0.494 e. The molecule has 0 N–H and O–H groups in total. The van der Waals surface area contributed by atoms with E-state index in [4.69, 9.17) is 4.74 Å². The van der Waals surface area contributed by atoms with Crippen LogP contribution in [0.15, 0.2) is 91.0 Å². The number of benzene rings is 3. The van der Waals surface area contributed by atoms with Gasteiger partial charge in [0.2, 0.25) is 5.91 Å². The molecule has 0 saturated carbocycles. The van der Waals surface area contributed by atoms with Crippen LogP contribution in [-0.2, 0) is 17.9 Å². The van der Waals surface area contributed by atoms with E-state index in [1.807, 2.05) is 103 Å². The van der Waals surface area contributed by atoms with Gasteiger partial charge >= 0.3 is 0 Å². The monoisotopic (exact) mass is 371 g/mol. The predicted molar refractivity (Wildman–Crippen MR) is 114 cm³/mol. The molecule has 0 fully saturated rings. The lowest BCUT2D eigenvalue weighted by Gasteiger charge is -2.21. The first-order chi connectivity index (χ1) is 13.7. The lowest BCUT2D eigenvalue weighted by atomic mass is 10.1. The zero-order chi connectivity index (χ0) is 19.6. The number of amides is 1. The molecule has 142 valence electrons. The van der Waals surface area contributed by atoms with Gasteiger partial charge in [-0.2, -0.15) is 0 Å². The fraction of sp³-hybridized carbons (Fsp3) is 0.160. The average Bonchev–Trinajstić information content (AvgIpc) is 2.74. The van der Waals surface area contributed by atoms with Gasteiger partial charge in [-0.25, -0.2) is 0 Å². The van der Waals surface area contributed by atoms with Crippen molar-refractivity contribution in [3.8, 4) is 5.75 Å². The summed E-state index contributed by atoms with van der Waals surface area (Å²) in [5.74, 6) is 0.822. The maximum absolute atomic E-state index is 12.9. The highest BCUT2D eigenvalue weighted by Gasteiger charge is 2.12. The Morgan fingerprint density at radius 3 is 1.86 bits per heavy atom. The molecule has 3 aromatic rings. The van der Waals surface area contributed by atoms with Crippen molar-refractivity contribution in [3.63, 3.8) is 0 Å². The van der Waals surface area contributed by atoms with E-state index in [9.17, 15) is 4.79 Å². The van der Waals surface area contributed by atoms with Crippen LogP contribution >= 0.6 is 0 Å². The van der Waals surface area contributed by atoms with E-state index in [0.717, 1.165) is 22.4 Å². The van der Waals surface area contributed by atoms with Gasteiger partial charge in [-0.15, -0.1) is 0 Å². The van der Waals surface area contributed by atoms with E-state index in [-0.39, 0.29) is 5.91 Å². The van der Waals surface area contributed by atoms with Crippen LogP contribution in [0, 0.1) is 0 Å². The van der Waals surface area contributed by atoms with Crippen LogP contribution in [0.2, 0.25) is 0 Å². The number of hydrogen-bond donors (Lipinski definition) is 0. The van der Waals surface area contributed by atoms with Crippen LogP contribution < -0.4 is 4.74 Å². The Hall–Kier alpha value is -3.33. The number of rotatable bonds is 8. The molecule has 0 bridgehead atoms. The average molecular weight is 371 g/mol. The van der Waals surface area contributed by atoms with Crippen LogP contribution in [0.3, 0.4) is 0 Å². The fourth-order valence-electron chi connectivity index (χ4n) is 2.93. The topological polar surface area (TPSA) is 29.5 Å². The lowest BCUT2D eigenvalue weighted by molar-refractivity contribution is -0.127. The molecule has 0 aliphatic heterocycles. The molecule has 0 aliphatic carbocycles. The molecule has 1 amide bonds. The Bertz CT molecular complexity index is 845. The fourth-order valence-corrected chi connectivity index (χ4v) is 2.93. The molecular formula is C25H25NO2. The molecule has 0 radical (unpaired) electrons. The number of hydrogen-bond acceptors (Lipinski definition) is 2. The zero-order valence-electron chi connectivity index (χ0n) is 16.1. The minimum absolute atomic E-state index is 0.0124. The van der Waals surface area contributed by atoms with Gasteiger partial charge in [0.25, 0.3) is 0 Å². The smallest absolute Gasteiger partial charge is 0.247 e. The summed E-state index contributed by atoms with van der Waals surface area (Å²) in [6, 6.07) is 27.9. The van der Waals surface area contributed by atoms with Crippen LogP contribution in [0.25, 0.3) is 6.08 Å². The van der Waals surface area contributed by atoms with E-state index in [0.29, 0.717) is 19.7 Å². The Morgan fingerprint density at radius 1 is 0.821 bits per heavy atom. The molecule has 0 unspecified atom stereocenters. The van der Waals surface area contributed by atoms with Gasteiger partial charge < -0.3 is 9.64 Å². The second kappa shape index (κ2) is 10.1. The van der Waals surface area contributed by atoms with Gasteiger partial charge in [0.15, 0.2) is 0 Å².